The molecule has 0 amide bonds. The molecule has 0 radical (unpaired) electrons. The molecule has 1 aromatic rings. The SMILES string of the molecule is C[C@]1(O)CCCC2=CCc3ccccc3[C@@H]21. The highest BCUT2D eigenvalue weighted by molar-refractivity contribution is 5.44. The quantitative estimate of drug-likeness (QED) is 0.658. The van der Waals surface area contributed by atoms with Crippen LogP contribution in [0.3, 0.4) is 0 Å². The molecule has 2 aliphatic rings. The van der Waals surface area contributed by atoms with Gasteiger partial charge in [0.1, 0.15) is 0 Å². The lowest BCUT2D eigenvalue weighted by molar-refractivity contribution is 0.0185. The summed E-state index contributed by atoms with van der Waals surface area (Å²) in [5, 5.41) is 10.6. The summed E-state index contributed by atoms with van der Waals surface area (Å²) in [6, 6.07) is 8.56. The van der Waals surface area contributed by atoms with Gasteiger partial charge in [0.25, 0.3) is 0 Å². The molecule has 0 spiro atoms. The first-order valence-electron chi connectivity index (χ1n) is 6.17. The molecule has 1 nitrogen and oxygen atoms in total. The zero-order valence-electron chi connectivity index (χ0n) is 9.74. The van der Waals surface area contributed by atoms with Gasteiger partial charge in [-0.05, 0) is 43.7 Å². The van der Waals surface area contributed by atoms with Crippen molar-refractivity contribution in [1.29, 1.82) is 0 Å². The fourth-order valence-corrected chi connectivity index (χ4v) is 3.34. The lowest BCUT2D eigenvalue weighted by Gasteiger charge is -2.42. The Labute approximate surface area is 96.8 Å². The van der Waals surface area contributed by atoms with Crippen molar-refractivity contribution in [3.8, 4) is 0 Å². The van der Waals surface area contributed by atoms with Crippen molar-refractivity contribution in [3.05, 3.63) is 47.0 Å². The largest absolute Gasteiger partial charge is 0.389 e. The summed E-state index contributed by atoms with van der Waals surface area (Å²) in [6.45, 7) is 1.99. The number of benzene rings is 1. The molecule has 1 fully saturated rings. The van der Waals surface area contributed by atoms with E-state index in [1.807, 2.05) is 6.92 Å². The highest BCUT2D eigenvalue weighted by Crippen LogP contribution is 2.47. The third kappa shape index (κ3) is 1.42. The number of hydrogen-bond donors (Lipinski definition) is 1. The predicted octanol–water partition coefficient (Wildman–Crippen LogP) is 3.19. The molecule has 84 valence electrons. The van der Waals surface area contributed by atoms with Crippen molar-refractivity contribution in [3.63, 3.8) is 0 Å². The van der Waals surface area contributed by atoms with Gasteiger partial charge in [-0.15, -0.1) is 0 Å². The number of rotatable bonds is 0. The summed E-state index contributed by atoms with van der Waals surface area (Å²) in [6.07, 6.45) is 6.58. The number of aliphatic hydroxyl groups is 1. The van der Waals surface area contributed by atoms with E-state index in [1.54, 1.807) is 0 Å². The number of fused-ring (bicyclic) bond motifs is 3. The molecule has 0 aliphatic heterocycles. The molecule has 0 unspecified atom stereocenters. The van der Waals surface area contributed by atoms with Crippen LogP contribution in [0.1, 0.15) is 43.2 Å². The Kier molecular flexibility index (Phi) is 2.18. The van der Waals surface area contributed by atoms with Crippen molar-refractivity contribution in [1.82, 2.24) is 0 Å². The highest BCUT2D eigenvalue weighted by atomic mass is 16.3. The Morgan fingerprint density at radius 2 is 2.12 bits per heavy atom. The maximum Gasteiger partial charge on any atom is 0.0725 e. The van der Waals surface area contributed by atoms with Gasteiger partial charge in [-0.1, -0.05) is 35.9 Å². The summed E-state index contributed by atoms with van der Waals surface area (Å²) in [7, 11) is 0. The van der Waals surface area contributed by atoms with Gasteiger partial charge in [0.15, 0.2) is 0 Å². The summed E-state index contributed by atoms with van der Waals surface area (Å²) in [5.74, 6) is 0.242. The number of allylic oxidation sites excluding steroid dienone is 1. The van der Waals surface area contributed by atoms with Crippen LogP contribution in [-0.2, 0) is 6.42 Å². The molecule has 1 aromatic carbocycles. The minimum Gasteiger partial charge on any atom is -0.389 e. The first kappa shape index (κ1) is 10.1. The Hall–Kier alpha value is -1.08. The highest BCUT2D eigenvalue weighted by Gasteiger charge is 2.40. The van der Waals surface area contributed by atoms with E-state index in [-0.39, 0.29) is 5.92 Å². The molecule has 3 rings (SSSR count). The summed E-state index contributed by atoms with van der Waals surface area (Å²) in [4.78, 5) is 0. The van der Waals surface area contributed by atoms with E-state index in [9.17, 15) is 5.11 Å². The molecule has 0 saturated heterocycles. The Balaban J connectivity index is 2.12. The molecule has 0 aromatic heterocycles. The molecule has 2 aliphatic carbocycles. The third-order valence-electron chi connectivity index (χ3n) is 4.09. The fraction of sp³-hybridized carbons (Fsp3) is 0.467. The van der Waals surface area contributed by atoms with Gasteiger partial charge >= 0.3 is 0 Å². The molecule has 0 heterocycles. The van der Waals surface area contributed by atoms with E-state index >= 15 is 0 Å². The summed E-state index contributed by atoms with van der Waals surface area (Å²) >= 11 is 0. The van der Waals surface area contributed by atoms with Crippen molar-refractivity contribution in [2.24, 2.45) is 0 Å². The van der Waals surface area contributed by atoms with Crippen LogP contribution >= 0.6 is 0 Å². The predicted molar refractivity (Wildman–Crippen MR) is 65.4 cm³/mol. The van der Waals surface area contributed by atoms with Gasteiger partial charge < -0.3 is 5.11 Å². The molecular weight excluding hydrogens is 196 g/mol. The zero-order valence-corrected chi connectivity index (χ0v) is 9.74. The molecule has 1 N–H and O–H groups in total. The van der Waals surface area contributed by atoms with Gasteiger partial charge in [-0.25, -0.2) is 0 Å². The fourth-order valence-electron chi connectivity index (χ4n) is 3.34. The zero-order chi connectivity index (χ0) is 11.2. The van der Waals surface area contributed by atoms with E-state index < -0.39 is 5.60 Å². The van der Waals surface area contributed by atoms with Gasteiger partial charge in [-0.3, -0.25) is 0 Å². The van der Waals surface area contributed by atoms with Crippen molar-refractivity contribution in [2.45, 2.75) is 44.1 Å². The normalized spacial score (nSPS) is 32.6. The average Bonchev–Trinajstić information content (AvgIpc) is 2.28. The minimum atomic E-state index is -0.555. The standard InChI is InChI=1S/C15H18O/c1-15(16)10-4-6-12-9-8-11-5-2-3-7-13(11)14(12)15/h2-3,5,7,9,14,16H,4,6,8,10H2,1H3/t14-,15+/m1/s1. The van der Waals surface area contributed by atoms with E-state index in [0.29, 0.717) is 0 Å². The molecule has 1 saturated carbocycles. The second-order valence-corrected chi connectivity index (χ2v) is 5.33. The van der Waals surface area contributed by atoms with Gasteiger partial charge in [0.2, 0.25) is 0 Å². The monoisotopic (exact) mass is 214 g/mol. The van der Waals surface area contributed by atoms with E-state index in [4.69, 9.17) is 0 Å². The molecule has 16 heavy (non-hydrogen) atoms. The van der Waals surface area contributed by atoms with Crippen molar-refractivity contribution < 1.29 is 5.11 Å². The first-order valence-corrected chi connectivity index (χ1v) is 6.17. The summed E-state index contributed by atoms with van der Waals surface area (Å²) < 4.78 is 0. The Morgan fingerprint density at radius 1 is 1.31 bits per heavy atom. The van der Waals surface area contributed by atoms with Crippen molar-refractivity contribution in [2.75, 3.05) is 0 Å². The van der Waals surface area contributed by atoms with Crippen LogP contribution in [0.15, 0.2) is 35.9 Å². The first-order chi connectivity index (χ1) is 7.68. The molecule has 0 bridgehead atoms. The van der Waals surface area contributed by atoms with Crippen LogP contribution in [0.2, 0.25) is 0 Å². The van der Waals surface area contributed by atoms with Gasteiger partial charge in [-0.2, -0.15) is 0 Å². The van der Waals surface area contributed by atoms with Crippen LogP contribution in [0.25, 0.3) is 0 Å². The Morgan fingerprint density at radius 3 is 3.00 bits per heavy atom. The maximum absolute atomic E-state index is 10.6. The van der Waals surface area contributed by atoms with E-state index in [1.165, 1.54) is 16.7 Å². The molecule has 2 atom stereocenters. The second kappa shape index (κ2) is 3.46. The smallest absolute Gasteiger partial charge is 0.0725 e. The van der Waals surface area contributed by atoms with E-state index in [2.05, 4.69) is 30.3 Å². The lowest BCUT2D eigenvalue weighted by Crippen LogP contribution is -2.38. The maximum atomic E-state index is 10.6. The van der Waals surface area contributed by atoms with E-state index in [0.717, 1.165) is 25.7 Å². The molecular formula is C15H18O. The lowest BCUT2D eigenvalue weighted by atomic mass is 9.66. The average molecular weight is 214 g/mol. The van der Waals surface area contributed by atoms with Crippen LogP contribution in [0, 0.1) is 0 Å². The van der Waals surface area contributed by atoms with Crippen LogP contribution in [0.5, 0.6) is 0 Å². The second-order valence-electron chi connectivity index (χ2n) is 5.33. The number of hydrogen-bond acceptors (Lipinski definition) is 1. The summed E-state index contributed by atoms with van der Waals surface area (Å²) in [5.41, 5.74) is 3.64. The van der Waals surface area contributed by atoms with Gasteiger partial charge in [0.05, 0.1) is 5.60 Å². The third-order valence-corrected chi connectivity index (χ3v) is 4.09. The van der Waals surface area contributed by atoms with Crippen molar-refractivity contribution >= 4 is 0 Å². The Bertz CT molecular complexity index is 443. The van der Waals surface area contributed by atoms with Crippen LogP contribution < -0.4 is 0 Å². The minimum absolute atomic E-state index is 0.242. The molecule has 1 heteroatoms. The van der Waals surface area contributed by atoms with Crippen LogP contribution in [-0.4, -0.2) is 10.7 Å². The topological polar surface area (TPSA) is 20.2 Å². The van der Waals surface area contributed by atoms with Gasteiger partial charge in [0, 0.05) is 5.92 Å². The van der Waals surface area contributed by atoms with Crippen LogP contribution in [0.4, 0.5) is 0 Å².